The molecule has 1 amide bonds. The third kappa shape index (κ3) is 3.26. The third-order valence-electron chi connectivity index (χ3n) is 4.38. The predicted octanol–water partition coefficient (Wildman–Crippen LogP) is 3.30. The maximum absolute atomic E-state index is 12.8. The van der Waals surface area contributed by atoms with Crippen molar-refractivity contribution in [3.05, 3.63) is 71.8 Å². The normalized spacial score (nSPS) is 19.4. The Kier molecular flexibility index (Phi) is 4.81. The summed E-state index contributed by atoms with van der Waals surface area (Å²) in [6.07, 6.45) is 3.64. The Balaban J connectivity index is 1.84. The van der Waals surface area contributed by atoms with Crippen molar-refractivity contribution < 1.29 is 14.7 Å². The summed E-state index contributed by atoms with van der Waals surface area (Å²) in [7, 11) is 0. The maximum atomic E-state index is 12.8. The number of rotatable bonds is 6. The lowest BCUT2D eigenvalue weighted by molar-refractivity contribution is -0.140. The summed E-state index contributed by atoms with van der Waals surface area (Å²) in [6.45, 7) is 2.49. The SMILES string of the molecule is CCCN1C(=O)[C@@](O)(CC(=O)/C=C\c2ccccc2)c2ccccc21. The van der Waals surface area contributed by atoms with Crippen LogP contribution in [-0.4, -0.2) is 23.3 Å². The van der Waals surface area contributed by atoms with E-state index in [0.717, 1.165) is 12.0 Å². The van der Waals surface area contributed by atoms with Gasteiger partial charge in [-0.1, -0.05) is 61.5 Å². The molecular weight excluding hydrogens is 314 g/mol. The second-order valence-corrected chi connectivity index (χ2v) is 6.22. The number of hydrogen-bond donors (Lipinski definition) is 1. The van der Waals surface area contributed by atoms with Gasteiger partial charge < -0.3 is 10.0 Å². The van der Waals surface area contributed by atoms with Gasteiger partial charge in [0.2, 0.25) is 0 Å². The van der Waals surface area contributed by atoms with E-state index in [1.165, 1.54) is 6.08 Å². The highest BCUT2D eigenvalue weighted by molar-refractivity contribution is 6.10. The van der Waals surface area contributed by atoms with Gasteiger partial charge in [0.1, 0.15) is 0 Å². The van der Waals surface area contributed by atoms with Crippen molar-refractivity contribution in [2.75, 3.05) is 11.4 Å². The number of carbonyl (C=O) groups is 2. The van der Waals surface area contributed by atoms with Gasteiger partial charge in [0.15, 0.2) is 11.4 Å². The topological polar surface area (TPSA) is 57.6 Å². The lowest BCUT2D eigenvalue weighted by atomic mass is 9.89. The Morgan fingerprint density at radius 1 is 1.12 bits per heavy atom. The maximum Gasteiger partial charge on any atom is 0.264 e. The number of ketones is 1. The van der Waals surface area contributed by atoms with E-state index >= 15 is 0 Å². The summed E-state index contributed by atoms with van der Waals surface area (Å²) >= 11 is 0. The van der Waals surface area contributed by atoms with Crippen LogP contribution in [0.2, 0.25) is 0 Å². The second kappa shape index (κ2) is 7.03. The molecule has 3 rings (SSSR count). The number of amides is 1. The fourth-order valence-electron chi connectivity index (χ4n) is 3.19. The molecule has 0 radical (unpaired) electrons. The van der Waals surface area contributed by atoms with Gasteiger partial charge in [-0.15, -0.1) is 0 Å². The number of nitrogens with zero attached hydrogens (tertiary/aromatic N) is 1. The molecule has 25 heavy (non-hydrogen) atoms. The summed E-state index contributed by atoms with van der Waals surface area (Å²) in [4.78, 5) is 26.7. The first-order valence-corrected chi connectivity index (χ1v) is 8.46. The van der Waals surface area contributed by atoms with Crippen molar-refractivity contribution in [3.63, 3.8) is 0 Å². The molecule has 4 heteroatoms. The molecule has 1 atom stereocenters. The van der Waals surface area contributed by atoms with Crippen LogP contribution in [-0.2, 0) is 15.2 Å². The molecule has 0 unspecified atom stereocenters. The van der Waals surface area contributed by atoms with Crippen LogP contribution in [0.15, 0.2) is 60.7 Å². The minimum Gasteiger partial charge on any atom is -0.375 e. The van der Waals surface area contributed by atoms with Gasteiger partial charge in [0, 0.05) is 12.1 Å². The highest BCUT2D eigenvalue weighted by Crippen LogP contribution is 2.42. The summed E-state index contributed by atoms with van der Waals surface area (Å²) < 4.78 is 0. The molecule has 2 aromatic carbocycles. The molecule has 0 aromatic heterocycles. The Labute approximate surface area is 147 Å². The largest absolute Gasteiger partial charge is 0.375 e. The van der Waals surface area contributed by atoms with Crippen molar-refractivity contribution in [1.82, 2.24) is 0 Å². The van der Waals surface area contributed by atoms with Crippen molar-refractivity contribution in [2.24, 2.45) is 0 Å². The van der Waals surface area contributed by atoms with Crippen molar-refractivity contribution in [2.45, 2.75) is 25.4 Å². The Morgan fingerprint density at radius 3 is 2.52 bits per heavy atom. The lowest BCUT2D eigenvalue weighted by Crippen LogP contribution is -2.41. The average molecular weight is 335 g/mol. The van der Waals surface area contributed by atoms with Crippen LogP contribution in [0, 0.1) is 0 Å². The molecule has 1 N–H and O–H groups in total. The number of aliphatic hydroxyl groups is 1. The molecule has 0 fully saturated rings. The van der Waals surface area contributed by atoms with E-state index in [4.69, 9.17) is 0 Å². The predicted molar refractivity (Wildman–Crippen MR) is 98.1 cm³/mol. The first kappa shape index (κ1) is 17.1. The zero-order valence-electron chi connectivity index (χ0n) is 14.2. The Morgan fingerprint density at radius 2 is 1.80 bits per heavy atom. The van der Waals surface area contributed by atoms with Crippen LogP contribution < -0.4 is 4.90 Å². The standard InChI is InChI=1S/C21H21NO3/c1-2-14-22-19-11-7-6-10-18(19)21(25,20(22)24)15-17(23)13-12-16-8-4-3-5-9-16/h3-13,25H,2,14-15H2,1H3/b13-12-/t21-/m1/s1. The zero-order chi connectivity index (χ0) is 17.9. The van der Waals surface area contributed by atoms with Gasteiger partial charge in [0.05, 0.1) is 12.1 Å². The number of allylic oxidation sites excluding steroid dienone is 1. The van der Waals surface area contributed by atoms with Gasteiger partial charge in [-0.2, -0.15) is 0 Å². The van der Waals surface area contributed by atoms with E-state index in [-0.39, 0.29) is 12.2 Å². The number of para-hydroxylation sites is 1. The van der Waals surface area contributed by atoms with Crippen LogP contribution in [0.5, 0.6) is 0 Å². The minimum atomic E-state index is -1.79. The van der Waals surface area contributed by atoms with E-state index < -0.39 is 11.5 Å². The highest BCUT2D eigenvalue weighted by atomic mass is 16.3. The molecule has 0 bridgehead atoms. The lowest BCUT2D eigenvalue weighted by Gasteiger charge is -2.22. The smallest absolute Gasteiger partial charge is 0.264 e. The van der Waals surface area contributed by atoms with Crippen LogP contribution >= 0.6 is 0 Å². The molecule has 1 aliphatic heterocycles. The van der Waals surface area contributed by atoms with Crippen molar-refractivity contribution in [1.29, 1.82) is 0 Å². The molecule has 0 saturated carbocycles. The minimum absolute atomic E-state index is 0.258. The average Bonchev–Trinajstić information content (AvgIpc) is 2.83. The summed E-state index contributed by atoms with van der Waals surface area (Å²) in [5.74, 6) is -0.704. The number of benzene rings is 2. The molecule has 4 nitrogen and oxygen atoms in total. The number of carbonyl (C=O) groups excluding carboxylic acids is 2. The van der Waals surface area contributed by atoms with Crippen LogP contribution in [0.1, 0.15) is 30.9 Å². The number of anilines is 1. The summed E-state index contributed by atoms with van der Waals surface area (Å²) in [6, 6.07) is 16.6. The zero-order valence-corrected chi connectivity index (χ0v) is 14.2. The van der Waals surface area contributed by atoms with Crippen molar-refractivity contribution in [3.8, 4) is 0 Å². The Bertz CT molecular complexity index is 813. The monoisotopic (exact) mass is 335 g/mol. The van der Waals surface area contributed by atoms with Gasteiger partial charge in [0.25, 0.3) is 5.91 Å². The number of hydrogen-bond acceptors (Lipinski definition) is 3. The van der Waals surface area contributed by atoms with E-state index in [9.17, 15) is 14.7 Å². The van der Waals surface area contributed by atoms with Gasteiger partial charge in [-0.05, 0) is 24.1 Å². The fraction of sp³-hybridized carbons (Fsp3) is 0.238. The molecule has 0 aliphatic carbocycles. The Hall–Kier alpha value is -2.72. The summed E-state index contributed by atoms with van der Waals surface area (Å²) in [5.41, 5.74) is 0.310. The van der Waals surface area contributed by atoms with Crippen molar-refractivity contribution >= 4 is 23.5 Å². The number of fused-ring (bicyclic) bond motifs is 1. The molecule has 1 aliphatic rings. The van der Waals surface area contributed by atoms with E-state index in [2.05, 4.69) is 0 Å². The molecular formula is C21H21NO3. The molecule has 0 spiro atoms. The molecule has 128 valence electrons. The van der Waals surface area contributed by atoms with E-state index in [0.29, 0.717) is 17.8 Å². The van der Waals surface area contributed by atoms with Crippen LogP contribution in [0.25, 0.3) is 6.08 Å². The van der Waals surface area contributed by atoms with Gasteiger partial charge in [-0.3, -0.25) is 9.59 Å². The summed E-state index contributed by atoms with van der Waals surface area (Å²) in [5, 5.41) is 11.0. The van der Waals surface area contributed by atoms with Crippen LogP contribution in [0.3, 0.4) is 0 Å². The fourth-order valence-corrected chi connectivity index (χ4v) is 3.19. The first-order valence-electron chi connectivity index (χ1n) is 8.46. The van der Waals surface area contributed by atoms with Gasteiger partial charge in [-0.25, -0.2) is 0 Å². The second-order valence-electron chi connectivity index (χ2n) is 6.22. The highest BCUT2D eigenvalue weighted by Gasteiger charge is 2.50. The molecule has 2 aromatic rings. The van der Waals surface area contributed by atoms with Crippen LogP contribution in [0.4, 0.5) is 5.69 Å². The molecule has 0 saturated heterocycles. The van der Waals surface area contributed by atoms with E-state index in [1.54, 1.807) is 23.1 Å². The molecule has 1 heterocycles. The first-order chi connectivity index (χ1) is 12.1. The van der Waals surface area contributed by atoms with E-state index in [1.807, 2.05) is 49.4 Å². The third-order valence-corrected chi connectivity index (χ3v) is 4.38. The van der Waals surface area contributed by atoms with Gasteiger partial charge >= 0.3 is 0 Å². The quantitative estimate of drug-likeness (QED) is 0.824.